The van der Waals surface area contributed by atoms with Gasteiger partial charge in [0.05, 0.1) is 0 Å². The molecule has 0 spiro atoms. The molecule has 1 aromatic carbocycles. The van der Waals surface area contributed by atoms with Crippen molar-refractivity contribution >= 4 is 29.9 Å². The zero-order valence-corrected chi connectivity index (χ0v) is 14.5. The van der Waals surface area contributed by atoms with E-state index in [1.807, 2.05) is 13.8 Å². The molecule has 6 heteroatoms. The minimum Gasteiger partial charge on any atom is -0.352 e. The maximum absolute atomic E-state index is 12.4. The van der Waals surface area contributed by atoms with Gasteiger partial charge in [0.25, 0.3) is 5.91 Å². The monoisotopic (exact) mass is 339 g/mol. The average molecular weight is 340 g/mol. The van der Waals surface area contributed by atoms with E-state index in [1.165, 1.54) is 0 Å². The molecule has 1 aliphatic rings. The summed E-state index contributed by atoms with van der Waals surface area (Å²) in [5, 5.41) is 5.76. The Bertz CT molecular complexity index is 563. The van der Waals surface area contributed by atoms with Crippen LogP contribution in [-0.4, -0.2) is 24.9 Å². The summed E-state index contributed by atoms with van der Waals surface area (Å²) >= 11 is 0. The molecule has 0 bridgehead atoms. The molecule has 0 saturated heterocycles. The number of halogens is 1. The molecule has 0 radical (unpaired) electrons. The summed E-state index contributed by atoms with van der Waals surface area (Å²) in [5.41, 5.74) is 8.00. The quantitative estimate of drug-likeness (QED) is 0.770. The number of hydrogen-bond donors (Lipinski definition) is 3. The number of carbonyl (C=O) groups is 2. The van der Waals surface area contributed by atoms with Crippen LogP contribution in [0.3, 0.4) is 0 Å². The molecule has 2 amide bonds. The van der Waals surface area contributed by atoms with Gasteiger partial charge in [0.1, 0.15) is 0 Å². The second-order valence-corrected chi connectivity index (χ2v) is 5.91. The number of hydrogen-bond acceptors (Lipinski definition) is 3. The fourth-order valence-corrected chi connectivity index (χ4v) is 3.10. The first-order valence-electron chi connectivity index (χ1n) is 7.96. The fraction of sp³-hybridized carbons (Fsp3) is 0.529. The lowest BCUT2D eigenvalue weighted by atomic mass is 9.95. The smallest absolute Gasteiger partial charge is 0.251 e. The van der Waals surface area contributed by atoms with E-state index in [2.05, 4.69) is 10.6 Å². The van der Waals surface area contributed by atoms with E-state index in [1.54, 1.807) is 18.2 Å². The minimum absolute atomic E-state index is 0. The van der Waals surface area contributed by atoms with Gasteiger partial charge in [-0.1, -0.05) is 6.42 Å². The van der Waals surface area contributed by atoms with Gasteiger partial charge in [0.15, 0.2) is 0 Å². The second-order valence-electron chi connectivity index (χ2n) is 5.91. The average Bonchev–Trinajstić information content (AvgIpc) is 2.98. The lowest BCUT2D eigenvalue weighted by Crippen LogP contribution is -2.30. The maximum Gasteiger partial charge on any atom is 0.251 e. The van der Waals surface area contributed by atoms with Gasteiger partial charge < -0.3 is 16.4 Å². The highest BCUT2D eigenvalue weighted by Gasteiger charge is 2.32. The zero-order chi connectivity index (χ0) is 16.1. The third-order valence-electron chi connectivity index (χ3n) is 4.38. The molecule has 4 N–H and O–H groups in total. The Labute approximate surface area is 143 Å². The Hall–Kier alpha value is -1.59. The first-order valence-corrected chi connectivity index (χ1v) is 7.96. The molecular weight excluding hydrogens is 314 g/mol. The van der Waals surface area contributed by atoms with Gasteiger partial charge in [0, 0.05) is 23.7 Å². The standard InChI is InChI=1S/C17H25N3O2.ClH/c1-3-19-16(21)12-7-8-15(11(2)9-12)20-17(22)14-6-4-5-13(14)10-18;/h7-9,13-14H,3-6,10,18H2,1-2H3,(H,19,21)(H,20,22);1H/t13-,14-;/m1./s1. The van der Waals surface area contributed by atoms with Gasteiger partial charge >= 0.3 is 0 Å². The van der Waals surface area contributed by atoms with Crippen LogP contribution in [-0.2, 0) is 4.79 Å². The van der Waals surface area contributed by atoms with Crippen LogP contribution >= 0.6 is 12.4 Å². The van der Waals surface area contributed by atoms with Crippen LogP contribution < -0.4 is 16.4 Å². The molecule has 5 nitrogen and oxygen atoms in total. The summed E-state index contributed by atoms with van der Waals surface area (Å²) in [6.45, 7) is 4.94. The lowest BCUT2D eigenvalue weighted by molar-refractivity contribution is -0.120. The van der Waals surface area contributed by atoms with Crippen LogP contribution in [0.25, 0.3) is 0 Å². The Kier molecular flexibility index (Phi) is 7.52. The number of rotatable bonds is 5. The van der Waals surface area contributed by atoms with Crippen molar-refractivity contribution in [3.8, 4) is 0 Å². The summed E-state index contributed by atoms with van der Waals surface area (Å²) < 4.78 is 0. The number of nitrogens with two attached hydrogens (primary N) is 1. The summed E-state index contributed by atoms with van der Waals surface area (Å²) in [6, 6.07) is 5.34. The highest BCUT2D eigenvalue weighted by Crippen LogP contribution is 2.32. The summed E-state index contributed by atoms with van der Waals surface area (Å²) in [7, 11) is 0. The zero-order valence-electron chi connectivity index (χ0n) is 13.7. The third kappa shape index (κ3) is 4.69. The molecule has 2 atom stereocenters. The van der Waals surface area contributed by atoms with Crippen molar-refractivity contribution in [2.24, 2.45) is 17.6 Å². The van der Waals surface area contributed by atoms with Crippen molar-refractivity contribution in [1.29, 1.82) is 0 Å². The van der Waals surface area contributed by atoms with Gasteiger partial charge in [-0.15, -0.1) is 12.4 Å². The molecule has 128 valence electrons. The molecule has 1 aliphatic carbocycles. The molecule has 1 saturated carbocycles. The first-order chi connectivity index (χ1) is 10.6. The Morgan fingerprint density at radius 1 is 1.30 bits per heavy atom. The Morgan fingerprint density at radius 3 is 2.65 bits per heavy atom. The molecule has 23 heavy (non-hydrogen) atoms. The van der Waals surface area contributed by atoms with E-state index in [0.29, 0.717) is 18.7 Å². The van der Waals surface area contributed by atoms with Crippen molar-refractivity contribution in [2.45, 2.75) is 33.1 Å². The minimum atomic E-state index is -0.0949. The van der Waals surface area contributed by atoms with E-state index in [4.69, 9.17) is 5.73 Å². The molecule has 0 aromatic heterocycles. The number of carbonyl (C=O) groups excluding carboxylic acids is 2. The highest BCUT2D eigenvalue weighted by atomic mass is 35.5. The predicted octanol–water partition coefficient (Wildman–Crippen LogP) is 2.48. The van der Waals surface area contributed by atoms with Gasteiger partial charge in [-0.25, -0.2) is 0 Å². The molecular formula is C17H26ClN3O2. The van der Waals surface area contributed by atoms with Gasteiger partial charge in [0.2, 0.25) is 5.91 Å². The van der Waals surface area contributed by atoms with Crippen LogP contribution in [0.5, 0.6) is 0 Å². The van der Waals surface area contributed by atoms with E-state index >= 15 is 0 Å². The largest absolute Gasteiger partial charge is 0.352 e. The maximum atomic E-state index is 12.4. The van der Waals surface area contributed by atoms with Crippen LogP contribution in [0, 0.1) is 18.8 Å². The number of benzene rings is 1. The third-order valence-corrected chi connectivity index (χ3v) is 4.38. The highest BCUT2D eigenvalue weighted by molar-refractivity contribution is 5.97. The SMILES string of the molecule is CCNC(=O)c1ccc(NC(=O)[C@@H]2CCC[C@@H]2CN)c(C)c1.Cl. The van der Waals surface area contributed by atoms with Crippen LogP contribution in [0.4, 0.5) is 5.69 Å². The molecule has 2 rings (SSSR count). The van der Waals surface area contributed by atoms with Crippen LogP contribution in [0.1, 0.15) is 42.1 Å². The summed E-state index contributed by atoms with van der Waals surface area (Å²) in [4.78, 5) is 24.2. The van der Waals surface area contributed by atoms with Crippen molar-refractivity contribution in [3.63, 3.8) is 0 Å². The first kappa shape index (κ1) is 19.5. The number of amides is 2. The molecule has 0 unspecified atom stereocenters. The van der Waals surface area contributed by atoms with Crippen LogP contribution in [0.2, 0.25) is 0 Å². The fourth-order valence-electron chi connectivity index (χ4n) is 3.10. The topological polar surface area (TPSA) is 84.2 Å². The summed E-state index contributed by atoms with van der Waals surface area (Å²) in [6.07, 6.45) is 3.00. The van der Waals surface area contributed by atoms with Gasteiger partial charge in [-0.05, 0) is 62.9 Å². The van der Waals surface area contributed by atoms with Crippen molar-refractivity contribution in [2.75, 3.05) is 18.4 Å². The van der Waals surface area contributed by atoms with Crippen molar-refractivity contribution in [1.82, 2.24) is 5.32 Å². The molecule has 1 fully saturated rings. The van der Waals surface area contributed by atoms with Crippen molar-refractivity contribution in [3.05, 3.63) is 29.3 Å². The van der Waals surface area contributed by atoms with Gasteiger partial charge in [-0.2, -0.15) is 0 Å². The van der Waals surface area contributed by atoms with E-state index in [-0.39, 0.29) is 36.1 Å². The number of aryl methyl sites for hydroxylation is 1. The molecule has 0 aliphatic heterocycles. The normalized spacial score (nSPS) is 19.8. The molecule has 1 aromatic rings. The van der Waals surface area contributed by atoms with Crippen LogP contribution in [0.15, 0.2) is 18.2 Å². The summed E-state index contributed by atoms with van der Waals surface area (Å²) in [5.74, 6) is 0.242. The Balaban J connectivity index is 0.00000264. The van der Waals surface area contributed by atoms with E-state index in [9.17, 15) is 9.59 Å². The van der Waals surface area contributed by atoms with E-state index in [0.717, 1.165) is 30.5 Å². The number of nitrogens with one attached hydrogen (secondary N) is 2. The predicted molar refractivity (Wildman–Crippen MR) is 94.9 cm³/mol. The van der Waals surface area contributed by atoms with Crippen molar-refractivity contribution < 1.29 is 9.59 Å². The molecule has 0 heterocycles. The van der Waals surface area contributed by atoms with Gasteiger partial charge in [-0.3, -0.25) is 9.59 Å². The Morgan fingerprint density at radius 2 is 2.04 bits per heavy atom. The van der Waals surface area contributed by atoms with E-state index < -0.39 is 0 Å². The lowest BCUT2D eigenvalue weighted by Gasteiger charge is -2.18. The number of anilines is 1. The second kappa shape index (κ2) is 8.89.